The van der Waals surface area contributed by atoms with Crippen molar-refractivity contribution in [1.29, 1.82) is 10.5 Å². The molecule has 6 nitrogen and oxygen atoms in total. The summed E-state index contributed by atoms with van der Waals surface area (Å²) in [6.45, 7) is 2.50. The van der Waals surface area contributed by atoms with Gasteiger partial charge in [-0.15, -0.1) is 0 Å². The van der Waals surface area contributed by atoms with E-state index in [1.165, 1.54) is 18.3 Å². The smallest absolute Gasteiger partial charge is 0.256 e. The van der Waals surface area contributed by atoms with Gasteiger partial charge in [-0.25, -0.2) is 9.37 Å². The normalized spacial score (nSPS) is 17.9. The van der Waals surface area contributed by atoms with Crippen LogP contribution >= 0.6 is 23.2 Å². The van der Waals surface area contributed by atoms with Crippen LogP contribution in [0.4, 0.5) is 4.39 Å². The van der Waals surface area contributed by atoms with E-state index in [0.717, 1.165) is 11.6 Å². The number of aromatic nitrogens is 1. The zero-order valence-electron chi connectivity index (χ0n) is 18.6. The van der Waals surface area contributed by atoms with Crippen LogP contribution in [-0.4, -0.2) is 35.0 Å². The van der Waals surface area contributed by atoms with Crippen molar-refractivity contribution in [2.45, 2.75) is 18.9 Å². The van der Waals surface area contributed by atoms with E-state index in [-0.39, 0.29) is 29.1 Å². The summed E-state index contributed by atoms with van der Waals surface area (Å²) in [5.41, 5.74) is 1.34. The average molecular weight is 509 g/mol. The molecule has 35 heavy (non-hydrogen) atoms. The minimum atomic E-state index is -0.741. The van der Waals surface area contributed by atoms with E-state index in [0.29, 0.717) is 34.6 Å². The molecule has 1 aromatic heterocycles. The van der Waals surface area contributed by atoms with E-state index in [2.05, 4.69) is 4.98 Å². The maximum absolute atomic E-state index is 14.6. The average Bonchev–Trinajstić information content (AvgIpc) is 3.31. The van der Waals surface area contributed by atoms with Crippen LogP contribution in [0.1, 0.15) is 39.9 Å². The largest absolute Gasteiger partial charge is 0.474 e. The lowest BCUT2D eigenvalue weighted by Crippen LogP contribution is -2.32. The van der Waals surface area contributed by atoms with E-state index >= 15 is 0 Å². The summed E-state index contributed by atoms with van der Waals surface area (Å²) < 4.78 is 20.6. The number of carbonyl (C=O) groups excluding carboxylic acids is 1. The lowest BCUT2D eigenvalue weighted by molar-refractivity contribution is 0.0765. The maximum atomic E-state index is 14.6. The number of halogens is 3. The predicted molar refractivity (Wildman–Crippen MR) is 129 cm³/mol. The summed E-state index contributed by atoms with van der Waals surface area (Å²) >= 11 is 12.4. The first-order chi connectivity index (χ1) is 16.8. The molecule has 1 saturated heterocycles. The number of ether oxygens (including phenoxy) is 1. The van der Waals surface area contributed by atoms with E-state index in [1.54, 1.807) is 29.2 Å². The molecule has 0 radical (unpaired) electrons. The van der Waals surface area contributed by atoms with Crippen molar-refractivity contribution >= 4 is 29.1 Å². The topological polar surface area (TPSA) is 90.0 Å². The monoisotopic (exact) mass is 508 g/mol. The Balaban J connectivity index is 1.62. The molecule has 0 spiro atoms. The molecular formula is C26H19Cl2FN4O2. The summed E-state index contributed by atoms with van der Waals surface area (Å²) in [7, 11) is 0. The number of benzene rings is 2. The van der Waals surface area contributed by atoms with E-state index in [4.69, 9.17) is 38.5 Å². The van der Waals surface area contributed by atoms with Crippen LogP contribution in [0.15, 0.2) is 54.7 Å². The first kappa shape index (κ1) is 24.5. The molecule has 1 amide bonds. The molecule has 176 valence electrons. The second kappa shape index (κ2) is 10.3. The third-order valence-electron chi connectivity index (χ3n) is 6.13. The summed E-state index contributed by atoms with van der Waals surface area (Å²) in [5.74, 6) is -1.19. The standard InChI is InChI=1S/C26H19Cl2FN4O2/c1-15(35-25-7-3-17(11-31)12-32-25)20-13-33(14-21(20)18-4-6-22(27)23(28)9-18)26(34)19-5-2-16(10-30)8-24(19)29/h2-9,12,15,20-21H,13-14H2,1H3/t15-,20?,21+/m0/s1. The molecule has 1 unspecified atom stereocenters. The molecule has 1 aliphatic heterocycles. The molecule has 3 aromatic rings. The third kappa shape index (κ3) is 5.22. The van der Waals surface area contributed by atoms with Gasteiger partial charge in [0.05, 0.1) is 32.8 Å². The minimum absolute atomic E-state index is 0.0973. The Kier molecular flexibility index (Phi) is 7.21. The lowest BCUT2D eigenvalue weighted by Gasteiger charge is -2.25. The van der Waals surface area contributed by atoms with Crippen molar-refractivity contribution in [3.63, 3.8) is 0 Å². The van der Waals surface area contributed by atoms with Crippen LogP contribution in [0, 0.1) is 34.4 Å². The molecule has 0 saturated carbocycles. The number of pyridine rings is 1. The molecule has 2 heterocycles. The van der Waals surface area contributed by atoms with Gasteiger partial charge in [0.2, 0.25) is 5.88 Å². The van der Waals surface area contributed by atoms with Crippen molar-refractivity contribution in [2.75, 3.05) is 13.1 Å². The molecule has 4 rings (SSSR count). The van der Waals surface area contributed by atoms with E-state index in [1.807, 2.05) is 25.1 Å². The number of hydrogen-bond acceptors (Lipinski definition) is 5. The van der Waals surface area contributed by atoms with Crippen LogP contribution in [-0.2, 0) is 0 Å². The highest BCUT2D eigenvalue weighted by Crippen LogP contribution is 2.39. The Bertz CT molecular complexity index is 1350. The highest BCUT2D eigenvalue weighted by Gasteiger charge is 2.41. The second-order valence-electron chi connectivity index (χ2n) is 8.28. The molecule has 1 fully saturated rings. The fourth-order valence-electron chi connectivity index (χ4n) is 4.29. The Labute approximate surface area is 212 Å². The summed E-state index contributed by atoms with van der Waals surface area (Å²) in [5, 5.41) is 18.8. The third-order valence-corrected chi connectivity index (χ3v) is 6.87. The van der Waals surface area contributed by atoms with Gasteiger partial charge in [0, 0.05) is 37.2 Å². The Morgan fingerprint density at radius 3 is 2.46 bits per heavy atom. The predicted octanol–water partition coefficient (Wildman–Crippen LogP) is 5.59. The van der Waals surface area contributed by atoms with Gasteiger partial charge in [-0.05, 0) is 48.9 Å². The number of nitriles is 2. The zero-order chi connectivity index (χ0) is 25.1. The van der Waals surface area contributed by atoms with Crippen LogP contribution in [0.2, 0.25) is 10.0 Å². The van der Waals surface area contributed by atoms with Crippen molar-refractivity contribution in [3.8, 4) is 18.0 Å². The minimum Gasteiger partial charge on any atom is -0.474 e. The van der Waals surface area contributed by atoms with Gasteiger partial charge in [0.1, 0.15) is 18.0 Å². The summed E-state index contributed by atoms with van der Waals surface area (Å²) in [4.78, 5) is 19.0. The molecule has 9 heteroatoms. The highest BCUT2D eigenvalue weighted by molar-refractivity contribution is 6.42. The first-order valence-corrected chi connectivity index (χ1v) is 11.5. The maximum Gasteiger partial charge on any atom is 0.256 e. The Morgan fingerprint density at radius 2 is 1.83 bits per heavy atom. The molecule has 0 aliphatic carbocycles. The zero-order valence-corrected chi connectivity index (χ0v) is 20.1. The van der Waals surface area contributed by atoms with Crippen LogP contribution in [0.25, 0.3) is 0 Å². The fourth-order valence-corrected chi connectivity index (χ4v) is 4.60. The highest BCUT2D eigenvalue weighted by atomic mass is 35.5. The number of amides is 1. The number of rotatable bonds is 5. The van der Waals surface area contributed by atoms with Gasteiger partial charge in [-0.2, -0.15) is 10.5 Å². The second-order valence-corrected chi connectivity index (χ2v) is 9.09. The van der Waals surface area contributed by atoms with Crippen molar-refractivity contribution in [3.05, 3.63) is 92.8 Å². The lowest BCUT2D eigenvalue weighted by atomic mass is 9.86. The summed E-state index contributed by atoms with van der Waals surface area (Å²) in [6.07, 6.45) is 1.05. The Hall–Kier alpha value is -3.65. The van der Waals surface area contributed by atoms with Gasteiger partial charge in [-0.1, -0.05) is 29.3 Å². The quantitative estimate of drug-likeness (QED) is 0.447. The molecule has 3 atom stereocenters. The van der Waals surface area contributed by atoms with Gasteiger partial charge >= 0.3 is 0 Å². The number of nitrogens with zero attached hydrogens (tertiary/aromatic N) is 4. The van der Waals surface area contributed by atoms with Gasteiger partial charge in [-0.3, -0.25) is 4.79 Å². The van der Waals surface area contributed by atoms with Gasteiger partial charge in [0.15, 0.2) is 0 Å². The molecule has 2 aromatic carbocycles. The van der Waals surface area contributed by atoms with Gasteiger partial charge < -0.3 is 9.64 Å². The summed E-state index contributed by atoms with van der Waals surface area (Å²) in [6, 6.07) is 16.2. The SMILES string of the molecule is C[C@H](Oc1ccc(C#N)cn1)C1CN(C(=O)c2ccc(C#N)cc2F)C[C@@H]1c1ccc(Cl)c(Cl)c1. The van der Waals surface area contributed by atoms with Crippen LogP contribution in [0.5, 0.6) is 5.88 Å². The molecule has 1 aliphatic rings. The van der Waals surface area contributed by atoms with Crippen molar-refractivity contribution < 1.29 is 13.9 Å². The van der Waals surface area contributed by atoms with E-state index < -0.39 is 11.7 Å². The molecular weight excluding hydrogens is 490 g/mol. The number of hydrogen-bond donors (Lipinski definition) is 0. The fraction of sp³-hybridized carbons (Fsp3) is 0.231. The van der Waals surface area contributed by atoms with Crippen LogP contribution < -0.4 is 4.74 Å². The van der Waals surface area contributed by atoms with Crippen molar-refractivity contribution in [2.24, 2.45) is 5.92 Å². The Morgan fingerprint density at radius 1 is 1.09 bits per heavy atom. The molecule has 0 bridgehead atoms. The van der Waals surface area contributed by atoms with Crippen LogP contribution in [0.3, 0.4) is 0 Å². The van der Waals surface area contributed by atoms with E-state index in [9.17, 15) is 9.18 Å². The molecule has 0 N–H and O–H groups in total. The van der Waals surface area contributed by atoms with Crippen molar-refractivity contribution in [1.82, 2.24) is 9.88 Å². The first-order valence-electron chi connectivity index (χ1n) is 10.8. The number of carbonyl (C=O) groups is 1. The number of likely N-dealkylation sites (tertiary alicyclic amines) is 1. The van der Waals surface area contributed by atoms with Gasteiger partial charge in [0.25, 0.3) is 5.91 Å².